The van der Waals surface area contributed by atoms with Crippen molar-refractivity contribution in [2.45, 2.75) is 32.9 Å². The zero-order valence-corrected chi connectivity index (χ0v) is 16.1. The Morgan fingerprint density at radius 2 is 1.86 bits per heavy atom. The largest absolute Gasteiger partial charge is 0.392 e. The molecule has 148 valence electrons. The fraction of sp³-hybridized carbons (Fsp3) is 0.273. The van der Waals surface area contributed by atoms with Crippen molar-refractivity contribution in [1.29, 1.82) is 0 Å². The number of carbonyl (C=O) groups is 1. The third-order valence-electron chi connectivity index (χ3n) is 5.00. The number of ketones is 1. The Balaban J connectivity index is 1.88. The number of aliphatic hydroxyl groups is 1. The number of aromatic nitrogens is 3. The molecule has 0 aliphatic heterocycles. The second-order valence-electron chi connectivity index (χ2n) is 7.30. The van der Waals surface area contributed by atoms with Crippen LogP contribution in [0.2, 0.25) is 0 Å². The summed E-state index contributed by atoms with van der Waals surface area (Å²) < 4.78 is 1.46. The van der Waals surface area contributed by atoms with Gasteiger partial charge in [0.25, 0.3) is 5.56 Å². The van der Waals surface area contributed by atoms with Gasteiger partial charge in [0.05, 0.1) is 12.2 Å². The van der Waals surface area contributed by atoms with E-state index in [9.17, 15) is 14.7 Å². The molecule has 1 saturated carbocycles. The van der Waals surface area contributed by atoms with E-state index in [-0.39, 0.29) is 29.2 Å². The first-order valence-electron chi connectivity index (χ1n) is 9.60. The second kappa shape index (κ2) is 7.97. The van der Waals surface area contributed by atoms with E-state index in [2.05, 4.69) is 15.4 Å². The minimum Gasteiger partial charge on any atom is -0.392 e. The van der Waals surface area contributed by atoms with Crippen LogP contribution in [-0.4, -0.2) is 25.7 Å². The molecule has 1 aliphatic rings. The van der Waals surface area contributed by atoms with Crippen molar-refractivity contribution in [2.75, 3.05) is 5.32 Å². The molecule has 2 N–H and O–H groups in total. The lowest BCUT2D eigenvalue weighted by atomic mass is 10.0. The average Bonchev–Trinajstić information content (AvgIpc) is 3.55. The lowest BCUT2D eigenvalue weighted by Gasteiger charge is -2.17. The van der Waals surface area contributed by atoms with Gasteiger partial charge in [-0.05, 0) is 55.5 Å². The number of benzene rings is 1. The Bertz CT molecular complexity index is 1090. The molecule has 1 aliphatic carbocycles. The number of pyridine rings is 1. The summed E-state index contributed by atoms with van der Waals surface area (Å²) in [5.41, 5.74) is 2.79. The maximum atomic E-state index is 13.2. The maximum absolute atomic E-state index is 13.2. The third-order valence-corrected chi connectivity index (χ3v) is 5.00. The first-order valence-corrected chi connectivity index (χ1v) is 9.60. The molecule has 0 saturated heterocycles. The standard InChI is InChI=1S/C22H22N4O3/c1-14(28)19-20(17-8-10-23-11-9-17)25-26(12-15-2-3-15)22(29)21(19)24-18-6-4-16(13-27)5-7-18/h4-11,15,24,27H,2-3,12-13H2,1H3. The zero-order chi connectivity index (χ0) is 20.4. The van der Waals surface area contributed by atoms with Gasteiger partial charge >= 0.3 is 0 Å². The van der Waals surface area contributed by atoms with Gasteiger partial charge in [0, 0.05) is 30.2 Å². The monoisotopic (exact) mass is 390 g/mol. The van der Waals surface area contributed by atoms with Crippen LogP contribution in [0.25, 0.3) is 11.3 Å². The van der Waals surface area contributed by atoms with Gasteiger partial charge in [-0.3, -0.25) is 14.6 Å². The van der Waals surface area contributed by atoms with Crippen LogP contribution < -0.4 is 10.9 Å². The molecule has 0 bridgehead atoms. The van der Waals surface area contributed by atoms with E-state index < -0.39 is 0 Å². The Hall–Kier alpha value is -3.32. The molecule has 2 heterocycles. The molecule has 0 unspecified atom stereocenters. The number of hydrogen-bond donors (Lipinski definition) is 2. The fourth-order valence-corrected chi connectivity index (χ4v) is 3.25. The quantitative estimate of drug-likeness (QED) is 0.602. The predicted octanol–water partition coefficient (Wildman–Crippen LogP) is 3.15. The number of nitrogens with one attached hydrogen (secondary N) is 1. The third kappa shape index (κ3) is 4.09. The number of rotatable bonds is 7. The molecule has 3 aromatic rings. The first kappa shape index (κ1) is 19.0. The van der Waals surface area contributed by atoms with E-state index in [1.165, 1.54) is 11.6 Å². The summed E-state index contributed by atoms with van der Waals surface area (Å²) in [6, 6.07) is 10.6. The molecule has 4 rings (SSSR count). The highest BCUT2D eigenvalue weighted by Crippen LogP contribution is 2.32. The van der Waals surface area contributed by atoms with Gasteiger partial charge < -0.3 is 10.4 Å². The number of carbonyl (C=O) groups excluding carboxylic acids is 1. The van der Waals surface area contributed by atoms with Crippen molar-refractivity contribution in [2.24, 2.45) is 5.92 Å². The molecule has 1 fully saturated rings. The normalized spacial score (nSPS) is 13.3. The molecule has 1 aromatic carbocycles. The van der Waals surface area contributed by atoms with Gasteiger partial charge in [0.1, 0.15) is 11.4 Å². The minimum absolute atomic E-state index is 0.0609. The van der Waals surface area contributed by atoms with E-state index >= 15 is 0 Å². The van der Waals surface area contributed by atoms with Crippen molar-refractivity contribution in [3.05, 3.63) is 70.3 Å². The van der Waals surface area contributed by atoms with Crippen molar-refractivity contribution < 1.29 is 9.90 Å². The molecule has 2 aromatic heterocycles. The second-order valence-corrected chi connectivity index (χ2v) is 7.30. The van der Waals surface area contributed by atoms with Gasteiger partial charge in [-0.2, -0.15) is 5.10 Å². The van der Waals surface area contributed by atoms with Crippen LogP contribution in [0.5, 0.6) is 0 Å². The number of hydrogen-bond acceptors (Lipinski definition) is 6. The van der Waals surface area contributed by atoms with E-state index in [1.54, 1.807) is 48.8 Å². The van der Waals surface area contributed by atoms with Crippen LogP contribution in [0.15, 0.2) is 53.6 Å². The van der Waals surface area contributed by atoms with Crippen LogP contribution in [-0.2, 0) is 13.2 Å². The van der Waals surface area contributed by atoms with E-state index in [1.807, 2.05) is 0 Å². The summed E-state index contributed by atoms with van der Waals surface area (Å²) in [6.07, 6.45) is 5.44. The molecule has 7 heteroatoms. The molecule has 0 amide bonds. The topological polar surface area (TPSA) is 97.1 Å². The summed E-state index contributed by atoms with van der Waals surface area (Å²) in [5, 5.41) is 16.9. The van der Waals surface area contributed by atoms with Crippen LogP contribution >= 0.6 is 0 Å². The maximum Gasteiger partial charge on any atom is 0.291 e. The Kier molecular flexibility index (Phi) is 5.22. The lowest BCUT2D eigenvalue weighted by molar-refractivity contribution is 0.101. The van der Waals surface area contributed by atoms with Gasteiger partial charge in [-0.15, -0.1) is 0 Å². The average molecular weight is 390 g/mol. The van der Waals surface area contributed by atoms with Gasteiger partial charge in [-0.25, -0.2) is 4.68 Å². The van der Waals surface area contributed by atoms with Gasteiger partial charge in [0.2, 0.25) is 0 Å². The van der Waals surface area contributed by atoms with Crippen LogP contribution in [0, 0.1) is 5.92 Å². The predicted molar refractivity (Wildman–Crippen MR) is 110 cm³/mol. The van der Waals surface area contributed by atoms with E-state index in [0.717, 1.165) is 24.0 Å². The number of anilines is 2. The summed E-state index contributed by atoms with van der Waals surface area (Å²) in [5.74, 6) is 0.208. The Morgan fingerprint density at radius 3 is 2.45 bits per heavy atom. The van der Waals surface area contributed by atoms with Crippen LogP contribution in [0.3, 0.4) is 0 Å². The molecular formula is C22H22N4O3. The lowest BCUT2D eigenvalue weighted by Crippen LogP contribution is -2.29. The van der Waals surface area contributed by atoms with E-state index in [0.29, 0.717) is 23.8 Å². The Labute approximate surface area is 168 Å². The minimum atomic E-state index is -0.314. The highest BCUT2D eigenvalue weighted by molar-refractivity contribution is 6.05. The van der Waals surface area contributed by atoms with Crippen molar-refractivity contribution in [3.63, 3.8) is 0 Å². The number of Topliss-reactive ketones (excluding diaryl/α,β-unsaturated/α-hetero) is 1. The summed E-state index contributed by atoms with van der Waals surface area (Å²) in [7, 11) is 0. The van der Waals surface area contributed by atoms with Gasteiger partial charge in [0.15, 0.2) is 5.78 Å². The number of aliphatic hydroxyl groups excluding tert-OH is 1. The molecule has 0 radical (unpaired) electrons. The fourth-order valence-electron chi connectivity index (χ4n) is 3.25. The van der Waals surface area contributed by atoms with Crippen molar-refractivity contribution in [1.82, 2.24) is 14.8 Å². The molecule has 0 atom stereocenters. The molecular weight excluding hydrogens is 368 g/mol. The van der Waals surface area contributed by atoms with Crippen LogP contribution in [0.1, 0.15) is 35.7 Å². The highest BCUT2D eigenvalue weighted by Gasteiger charge is 2.27. The summed E-state index contributed by atoms with van der Waals surface area (Å²) in [4.78, 5) is 29.8. The summed E-state index contributed by atoms with van der Waals surface area (Å²) in [6.45, 7) is 1.91. The van der Waals surface area contributed by atoms with Crippen molar-refractivity contribution >= 4 is 17.2 Å². The first-order chi connectivity index (χ1) is 14.1. The molecule has 0 spiro atoms. The molecule has 7 nitrogen and oxygen atoms in total. The van der Waals surface area contributed by atoms with Crippen LogP contribution in [0.4, 0.5) is 11.4 Å². The summed E-state index contributed by atoms with van der Waals surface area (Å²) >= 11 is 0. The number of nitrogens with zero attached hydrogens (tertiary/aromatic N) is 3. The van der Waals surface area contributed by atoms with Gasteiger partial charge in [-0.1, -0.05) is 12.1 Å². The molecule has 29 heavy (non-hydrogen) atoms. The Morgan fingerprint density at radius 1 is 1.17 bits per heavy atom. The smallest absolute Gasteiger partial charge is 0.291 e. The SMILES string of the molecule is CC(=O)c1c(-c2ccncc2)nn(CC2CC2)c(=O)c1Nc1ccc(CO)cc1. The van der Waals surface area contributed by atoms with Crippen molar-refractivity contribution in [3.8, 4) is 11.3 Å². The zero-order valence-electron chi connectivity index (χ0n) is 16.1. The highest BCUT2D eigenvalue weighted by atomic mass is 16.3. The van der Waals surface area contributed by atoms with E-state index in [4.69, 9.17) is 0 Å².